The molecular formula is C24H29ClN4O. The van der Waals surface area contributed by atoms with Crippen LogP contribution in [0.15, 0.2) is 60.8 Å². The molecule has 1 aliphatic rings. The Bertz CT molecular complexity index is 967. The lowest BCUT2D eigenvalue weighted by molar-refractivity contribution is 0.0675. The number of carbonyl (C=O) groups is 1. The molecule has 1 aliphatic heterocycles. The summed E-state index contributed by atoms with van der Waals surface area (Å²) in [6, 6.07) is 18.2. The molecule has 1 fully saturated rings. The van der Waals surface area contributed by atoms with E-state index in [-0.39, 0.29) is 18.3 Å². The van der Waals surface area contributed by atoms with Gasteiger partial charge in [0.25, 0.3) is 5.91 Å². The molecule has 1 aromatic heterocycles. The Hall–Kier alpha value is -2.63. The molecule has 6 heteroatoms. The van der Waals surface area contributed by atoms with E-state index in [2.05, 4.69) is 24.4 Å². The number of halogens is 1. The maximum absolute atomic E-state index is 13.5. The molecule has 0 bridgehead atoms. The number of aromatic nitrogens is 2. The molecule has 0 radical (unpaired) electrons. The first kappa shape index (κ1) is 22.1. The molecule has 1 unspecified atom stereocenters. The topological polar surface area (TPSA) is 50.2 Å². The van der Waals surface area contributed by atoms with Crippen LogP contribution in [0.2, 0.25) is 0 Å². The molecule has 1 N–H and O–H groups in total. The van der Waals surface area contributed by atoms with Gasteiger partial charge in [-0.25, -0.2) is 4.68 Å². The summed E-state index contributed by atoms with van der Waals surface area (Å²) in [4.78, 5) is 15.5. The largest absolute Gasteiger partial charge is 0.338 e. The lowest BCUT2D eigenvalue weighted by Crippen LogP contribution is -2.42. The first-order valence-electron chi connectivity index (χ1n) is 10.3. The number of benzene rings is 2. The average molecular weight is 425 g/mol. The van der Waals surface area contributed by atoms with Gasteiger partial charge in [0.2, 0.25) is 0 Å². The third-order valence-corrected chi connectivity index (χ3v) is 5.59. The van der Waals surface area contributed by atoms with Crippen LogP contribution in [0.25, 0.3) is 16.9 Å². The van der Waals surface area contributed by atoms with Crippen LogP contribution < -0.4 is 5.32 Å². The van der Waals surface area contributed by atoms with Crippen molar-refractivity contribution in [2.45, 2.75) is 19.8 Å². The standard InChI is InChI=1S/C24H28N4O.ClH/c1-18-10-12-21(13-11-18)28-17-22(23(26-28)20-8-4-3-5-9-20)24(29)27-14-6-7-19(16-27)15-25-2;/h3-5,8-13,17,19,25H,6-7,14-16H2,1-2H3;1H. The van der Waals surface area contributed by atoms with Crippen LogP contribution in [0.3, 0.4) is 0 Å². The third-order valence-electron chi connectivity index (χ3n) is 5.59. The highest BCUT2D eigenvalue weighted by atomic mass is 35.5. The van der Waals surface area contributed by atoms with Crippen LogP contribution in [0, 0.1) is 12.8 Å². The Labute approximate surface area is 184 Å². The van der Waals surface area contributed by atoms with E-state index in [1.54, 1.807) is 0 Å². The molecule has 0 spiro atoms. The molecule has 1 atom stereocenters. The van der Waals surface area contributed by atoms with Crippen LogP contribution in [0.4, 0.5) is 0 Å². The molecule has 0 aliphatic carbocycles. The van der Waals surface area contributed by atoms with Crippen molar-refractivity contribution < 1.29 is 4.79 Å². The smallest absolute Gasteiger partial charge is 0.257 e. The van der Waals surface area contributed by atoms with E-state index in [1.807, 2.05) is 65.3 Å². The van der Waals surface area contributed by atoms with Crippen molar-refractivity contribution in [3.05, 3.63) is 71.9 Å². The van der Waals surface area contributed by atoms with Crippen molar-refractivity contribution in [2.24, 2.45) is 5.92 Å². The maximum Gasteiger partial charge on any atom is 0.257 e. The number of carbonyl (C=O) groups excluding carboxylic acids is 1. The third kappa shape index (κ3) is 4.74. The predicted molar refractivity (Wildman–Crippen MR) is 124 cm³/mol. The first-order chi connectivity index (χ1) is 14.2. The molecule has 4 rings (SSSR count). The summed E-state index contributed by atoms with van der Waals surface area (Å²) in [5.74, 6) is 0.577. The van der Waals surface area contributed by atoms with Gasteiger partial charge in [0.05, 0.1) is 11.3 Å². The number of amides is 1. The summed E-state index contributed by atoms with van der Waals surface area (Å²) in [7, 11) is 1.97. The monoisotopic (exact) mass is 424 g/mol. The summed E-state index contributed by atoms with van der Waals surface area (Å²) in [5, 5.41) is 8.06. The first-order valence-corrected chi connectivity index (χ1v) is 10.3. The second-order valence-corrected chi connectivity index (χ2v) is 7.85. The second kappa shape index (κ2) is 9.92. The van der Waals surface area contributed by atoms with E-state index in [0.717, 1.165) is 43.0 Å². The number of hydrogen-bond donors (Lipinski definition) is 1. The number of nitrogens with one attached hydrogen (secondary N) is 1. The summed E-state index contributed by atoms with van der Waals surface area (Å²) < 4.78 is 1.82. The Morgan fingerprint density at radius 1 is 1.13 bits per heavy atom. The average Bonchev–Trinajstić information content (AvgIpc) is 3.20. The minimum absolute atomic E-state index is 0. The predicted octanol–water partition coefficient (Wildman–Crippen LogP) is 4.34. The Morgan fingerprint density at radius 2 is 1.87 bits per heavy atom. The number of rotatable bonds is 5. The van der Waals surface area contributed by atoms with E-state index in [9.17, 15) is 4.79 Å². The molecule has 30 heavy (non-hydrogen) atoms. The van der Waals surface area contributed by atoms with Crippen molar-refractivity contribution in [1.29, 1.82) is 0 Å². The van der Waals surface area contributed by atoms with Gasteiger partial charge < -0.3 is 10.2 Å². The fourth-order valence-corrected chi connectivity index (χ4v) is 4.04. The van der Waals surface area contributed by atoms with Gasteiger partial charge in [0.1, 0.15) is 5.69 Å². The Balaban J connectivity index is 0.00000256. The highest BCUT2D eigenvalue weighted by Crippen LogP contribution is 2.27. The van der Waals surface area contributed by atoms with Gasteiger partial charge in [-0.2, -0.15) is 5.10 Å². The van der Waals surface area contributed by atoms with E-state index >= 15 is 0 Å². The quantitative estimate of drug-likeness (QED) is 0.662. The number of likely N-dealkylation sites (tertiary alicyclic amines) is 1. The fourth-order valence-electron chi connectivity index (χ4n) is 4.04. The fraction of sp³-hybridized carbons (Fsp3) is 0.333. The number of hydrogen-bond acceptors (Lipinski definition) is 3. The van der Waals surface area contributed by atoms with Gasteiger partial charge in [-0.05, 0) is 51.4 Å². The zero-order chi connectivity index (χ0) is 20.2. The summed E-state index contributed by atoms with van der Waals surface area (Å²) >= 11 is 0. The van der Waals surface area contributed by atoms with Crippen LogP contribution in [0.1, 0.15) is 28.8 Å². The molecule has 1 amide bonds. The van der Waals surface area contributed by atoms with Crippen molar-refractivity contribution in [3.8, 4) is 16.9 Å². The number of piperidine rings is 1. The molecule has 3 aromatic rings. The van der Waals surface area contributed by atoms with Crippen molar-refractivity contribution in [2.75, 3.05) is 26.7 Å². The zero-order valence-corrected chi connectivity index (χ0v) is 18.4. The summed E-state index contributed by atoms with van der Waals surface area (Å²) in [6.07, 6.45) is 4.10. The van der Waals surface area contributed by atoms with Crippen LogP contribution in [0.5, 0.6) is 0 Å². The van der Waals surface area contributed by atoms with Gasteiger partial charge in [-0.1, -0.05) is 48.0 Å². The highest BCUT2D eigenvalue weighted by Gasteiger charge is 2.27. The van der Waals surface area contributed by atoms with E-state index in [4.69, 9.17) is 5.10 Å². The molecule has 2 aromatic carbocycles. The van der Waals surface area contributed by atoms with Gasteiger partial charge >= 0.3 is 0 Å². The van der Waals surface area contributed by atoms with Crippen molar-refractivity contribution in [1.82, 2.24) is 20.0 Å². The number of aryl methyl sites for hydroxylation is 1. The van der Waals surface area contributed by atoms with Gasteiger partial charge in [-0.3, -0.25) is 4.79 Å². The normalized spacial score (nSPS) is 16.2. The second-order valence-electron chi connectivity index (χ2n) is 7.85. The SMILES string of the molecule is CNCC1CCCN(C(=O)c2cn(-c3ccc(C)cc3)nc2-c2ccccc2)C1.Cl. The van der Waals surface area contributed by atoms with E-state index in [0.29, 0.717) is 11.5 Å². The Morgan fingerprint density at radius 3 is 2.57 bits per heavy atom. The molecule has 5 nitrogen and oxygen atoms in total. The van der Waals surface area contributed by atoms with Gasteiger partial charge in [0.15, 0.2) is 0 Å². The maximum atomic E-state index is 13.5. The lowest BCUT2D eigenvalue weighted by Gasteiger charge is -2.32. The molecule has 158 valence electrons. The lowest BCUT2D eigenvalue weighted by atomic mass is 9.97. The van der Waals surface area contributed by atoms with Crippen LogP contribution in [-0.2, 0) is 0 Å². The molecular weight excluding hydrogens is 396 g/mol. The summed E-state index contributed by atoms with van der Waals surface area (Å²) in [6.45, 7) is 4.61. The van der Waals surface area contributed by atoms with Crippen molar-refractivity contribution in [3.63, 3.8) is 0 Å². The van der Waals surface area contributed by atoms with Crippen LogP contribution >= 0.6 is 12.4 Å². The van der Waals surface area contributed by atoms with E-state index < -0.39 is 0 Å². The Kier molecular flexibility index (Phi) is 7.29. The molecule has 2 heterocycles. The summed E-state index contributed by atoms with van der Waals surface area (Å²) in [5.41, 5.74) is 4.53. The molecule has 1 saturated heterocycles. The van der Waals surface area contributed by atoms with Crippen molar-refractivity contribution >= 4 is 18.3 Å². The number of nitrogens with zero attached hydrogens (tertiary/aromatic N) is 3. The van der Waals surface area contributed by atoms with Gasteiger partial charge in [-0.15, -0.1) is 12.4 Å². The minimum Gasteiger partial charge on any atom is -0.338 e. The molecule has 0 saturated carbocycles. The van der Waals surface area contributed by atoms with E-state index in [1.165, 1.54) is 12.0 Å². The highest BCUT2D eigenvalue weighted by molar-refractivity contribution is 6.00. The zero-order valence-electron chi connectivity index (χ0n) is 17.5. The van der Waals surface area contributed by atoms with Gasteiger partial charge in [0, 0.05) is 24.8 Å². The van der Waals surface area contributed by atoms with Crippen LogP contribution in [-0.4, -0.2) is 47.3 Å². The minimum atomic E-state index is 0.